The van der Waals surface area contributed by atoms with Gasteiger partial charge in [-0.3, -0.25) is 0 Å². The van der Waals surface area contributed by atoms with E-state index in [1.54, 1.807) is 30.3 Å². The smallest absolute Gasteiger partial charge is 0.434 e. The Bertz CT molecular complexity index is 954. The Morgan fingerprint density at radius 3 is 2.52 bits per heavy atom. The van der Waals surface area contributed by atoms with Crippen LogP contribution < -0.4 is 0 Å². The lowest BCUT2D eigenvalue weighted by Gasteiger charge is -2.12. The quantitative estimate of drug-likeness (QED) is 0.749. The molecule has 2 aromatic heterocycles. The molecule has 3 aromatic rings. The number of benzene rings is 1. The van der Waals surface area contributed by atoms with E-state index in [2.05, 4.69) is 10.1 Å². The van der Waals surface area contributed by atoms with Crippen LogP contribution in [0.15, 0.2) is 48.7 Å². The Morgan fingerprint density at radius 1 is 1.16 bits per heavy atom. The minimum atomic E-state index is -4.90. The molecule has 0 aliphatic rings. The lowest BCUT2D eigenvalue weighted by atomic mass is 10.1. The van der Waals surface area contributed by atoms with Crippen LogP contribution in [0.2, 0.25) is 5.02 Å². The molecule has 0 saturated carbocycles. The summed E-state index contributed by atoms with van der Waals surface area (Å²) in [6, 6.07) is 11.1. The fourth-order valence-electron chi connectivity index (χ4n) is 2.30. The highest BCUT2D eigenvalue weighted by molar-refractivity contribution is 6.30. The van der Waals surface area contributed by atoms with Gasteiger partial charge in [0.1, 0.15) is 5.56 Å². The number of hydrogen-bond donors (Lipinski definition) is 1. The lowest BCUT2D eigenvalue weighted by molar-refractivity contribution is -0.143. The van der Waals surface area contributed by atoms with Crippen molar-refractivity contribution in [2.75, 3.05) is 0 Å². The maximum absolute atomic E-state index is 13.3. The van der Waals surface area contributed by atoms with Crippen LogP contribution in [-0.2, 0) is 6.18 Å². The van der Waals surface area contributed by atoms with E-state index in [1.807, 2.05) is 0 Å². The summed E-state index contributed by atoms with van der Waals surface area (Å²) in [5, 5.41) is 13.0. The van der Waals surface area contributed by atoms with Gasteiger partial charge in [0.15, 0.2) is 11.5 Å². The average Bonchev–Trinajstić information content (AvgIpc) is 3.00. The number of nitrogens with zero attached hydrogens (tertiary/aromatic N) is 3. The summed E-state index contributed by atoms with van der Waals surface area (Å²) in [4.78, 5) is 15.2. The minimum Gasteiger partial charge on any atom is -0.478 e. The molecule has 0 spiro atoms. The summed E-state index contributed by atoms with van der Waals surface area (Å²) in [6.45, 7) is 0. The highest BCUT2D eigenvalue weighted by atomic mass is 35.5. The number of carboxylic acids is 1. The first-order valence-electron chi connectivity index (χ1n) is 6.89. The van der Waals surface area contributed by atoms with E-state index in [-0.39, 0.29) is 5.82 Å². The van der Waals surface area contributed by atoms with E-state index >= 15 is 0 Å². The molecule has 0 amide bonds. The number of halogens is 4. The second kappa shape index (κ2) is 6.21. The summed E-state index contributed by atoms with van der Waals surface area (Å²) in [5.41, 5.74) is -1.35. The van der Waals surface area contributed by atoms with Crippen molar-refractivity contribution in [3.8, 4) is 17.1 Å². The zero-order chi connectivity index (χ0) is 18.2. The van der Waals surface area contributed by atoms with Gasteiger partial charge in [-0.05, 0) is 24.3 Å². The molecule has 0 radical (unpaired) electrons. The molecule has 0 fully saturated rings. The van der Waals surface area contributed by atoms with Crippen molar-refractivity contribution in [1.29, 1.82) is 0 Å². The van der Waals surface area contributed by atoms with Gasteiger partial charge in [-0.2, -0.15) is 18.3 Å². The predicted molar refractivity (Wildman–Crippen MR) is 83.8 cm³/mol. The van der Waals surface area contributed by atoms with Crippen molar-refractivity contribution >= 4 is 17.6 Å². The van der Waals surface area contributed by atoms with Crippen molar-refractivity contribution in [2.45, 2.75) is 6.18 Å². The Labute approximate surface area is 144 Å². The van der Waals surface area contributed by atoms with Crippen molar-refractivity contribution in [1.82, 2.24) is 14.8 Å². The van der Waals surface area contributed by atoms with Gasteiger partial charge in [-0.25, -0.2) is 14.5 Å². The van der Waals surface area contributed by atoms with Gasteiger partial charge in [0.05, 0.1) is 11.9 Å². The molecule has 0 unspecified atom stereocenters. The van der Waals surface area contributed by atoms with Gasteiger partial charge < -0.3 is 5.11 Å². The summed E-state index contributed by atoms with van der Waals surface area (Å²) < 4.78 is 40.4. The molecule has 0 aliphatic carbocycles. The van der Waals surface area contributed by atoms with Crippen LogP contribution in [-0.4, -0.2) is 25.8 Å². The molecule has 3 rings (SSSR count). The van der Waals surface area contributed by atoms with E-state index in [0.717, 1.165) is 0 Å². The van der Waals surface area contributed by atoms with E-state index < -0.39 is 23.4 Å². The fourth-order valence-corrected chi connectivity index (χ4v) is 2.49. The van der Waals surface area contributed by atoms with Crippen LogP contribution in [0.25, 0.3) is 17.1 Å². The van der Waals surface area contributed by atoms with Crippen LogP contribution in [0.5, 0.6) is 0 Å². The third kappa shape index (κ3) is 3.34. The van der Waals surface area contributed by atoms with E-state index in [1.165, 1.54) is 12.1 Å². The van der Waals surface area contributed by atoms with Crippen LogP contribution in [0, 0.1) is 0 Å². The molecule has 9 heteroatoms. The molecule has 2 heterocycles. The Balaban J connectivity index is 2.16. The number of carboxylic acid groups (broad SMARTS) is 1. The van der Waals surface area contributed by atoms with Crippen molar-refractivity contribution in [2.24, 2.45) is 0 Å². The van der Waals surface area contributed by atoms with E-state index in [4.69, 9.17) is 16.7 Å². The van der Waals surface area contributed by atoms with Gasteiger partial charge in [-0.1, -0.05) is 29.8 Å². The van der Waals surface area contributed by atoms with Crippen molar-refractivity contribution < 1.29 is 23.1 Å². The highest BCUT2D eigenvalue weighted by Gasteiger charge is 2.41. The normalized spacial score (nSPS) is 11.5. The Hall–Kier alpha value is -2.87. The summed E-state index contributed by atoms with van der Waals surface area (Å²) >= 11 is 5.92. The highest BCUT2D eigenvalue weighted by Crippen LogP contribution is 2.33. The molecule has 1 N–H and O–H groups in total. The first-order valence-corrected chi connectivity index (χ1v) is 7.27. The Morgan fingerprint density at radius 2 is 1.88 bits per heavy atom. The number of rotatable bonds is 3. The molecule has 128 valence electrons. The lowest BCUT2D eigenvalue weighted by Crippen LogP contribution is -2.18. The van der Waals surface area contributed by atoms with Crippen LogP contribution in [0.4, 0.5) is 13.2 Å². The minimum absolute atomic E-state index is 0.155. The van der Waals surface area contributed by atoms with Gasteiger partial charge in [0.25, 0.3) is 0 Å². The predicted octanol–water partition coefficient (Wildman–Crippen LogP) is 4.30. The molecule has 5 nitrogen and oxygen atoms in total. The second-order valence-electron chi connectivity index (χ2n) is 5.01. The summed E-state index contributed by atoms with van der Waals surface area (Å²) in [7, 11) is 0. The second-order valence-corrected chi connectivity index (χ2v) is 5.45. The first-order chi connectivity index (χ1) is 11.8. The van der Waals surface area contributed by atoms with Crippen LogP contribution in [0.3, 0.4) is 0 Å². The Kier molecular flexibility index (Phi) is 4.22. The van der Waals surface area contributed by atoms with Crippen molar-refractivity contribution in [3.63, 3.8) is 0 Å². The average molecular weight is 368 g/mol. The zero-order valence-corrected chi connectivity index (χ0v) is 13.1. The van der Waals surface area contributed by atoms with E-state index in [0.29, 0.717) is 27.2 Å². The maximum atomic E-state index is 13.3. The summed E-state index contributed by atoms with van der Waals surface area (Å²) in [6.07, 6.45) is -4.25. The SMILES string of the molecule is O=C(O)c1cnn(-c2cccc(-c3cccc(Cl)c3)n2)c1C(F)(F)F. The molecular weight excluding hydrogens is 359 g/mol. The third-order valence-electron chi connectivity index (χ3n) is 3.34. The first kappa shape index (κ1) is 17.0. The number of hydrogen-bond acceptors (Lipinski definition) is 3. The largest absolute Gasteiger partial charge is 0.478 e. The monoisotopic (exact) mass is 367 g/mol. The third-order valence-corrected chi connectivity index (χ3v) is 3.58. The summed E-state index contributed by atoms with van der Waals surface area (Å²) in [5.74, 6) is -1.87. The molecule has 0 atom stereocenters. The molecular formula is C16H9ClF3N3O2. The molecule has 1 aromatic carbocycles. The molecule has 25 heavy (non-hydrogen) atoms. The zero-order valence-electron chi connectivity index (χ0n) is 12.3. The van der Waals surface area contributed by atoms with Crippen molar-refractivity contribution in [3.05, 3.63) is 64.9 Å². The van der Waals surface area contributed by atoms with E-state index in [9.17, 15) is 18.0 Å². The topological polar surface area (TPSA) is 68.0 Å². The number of alkyl halides is 3. The number of aromatic nitrogens is 3. The van der Waals surface area contributed by atoms with Gasteiger partial charge in [0.2, 0.25) is 0 Å². The molecule has 0 saturated heterocycles. The number of aromatic carboxylic acids is 1. The number of pyridine rings is 1. The van der Waals surface area contributed by atoms with Gasteiger partial charge >= 0.3 is 12.1 Å². The number of carbonyl (C=O) groups is 1. The van der Waals surface area contributed by atoms with Crippen LogP contribution >= 0.6 is 11.6 Å². The molecule has 0 aliphatic heterocycles. The molecule has 0 bridgehead atoms. The standard InChI is InChI=1S/C16H9ClF3N3O2/c17-10-4-1-3-9(7-10)12-5-2-6-13(22-12)23-14(16(18,19)20)11(8-21-23)15(24)25/h1-8H,(H,24,25). The van der Waals surface area contributed by atoms with Gasteiger partial charge in [0, 0.05) is 10.6 Å². The van der Waals surface area contributed by atoms with Gasteiger partial charge in [-0.15, -0.1) is 0 Å². The fraction of sp³-hybridized carbons (Fsp3) is 0.0625. The van der Waals surface area contributed by atoms with Crippen LogP contribution in [0.1, 0.15) is 16.1 Å². The maximum Gasteiger partial charge on any atom is 0.434 e.